The number of hydrogen-bond donors (Lipinski definition) is 1. The van der Waals surface area contributed by atoms with Gasteiger partial charge in [-0.25, -0.2) is 0 Å². The van der Waals surface area contributed by atoms with Crippen LogP contribution in [0.2, 0.25) is 0 Å². The van der Waals surface area contributed by atoms with E-state index in [-0.39, 0.29) is 0 Å². The second-order valence-electron chi connectivity index (χ2n) is 6.27. The van der Waals surface area contributed by atoms with E-state index in [1.807, 2.05) is 0 Å². The summed E-state index contributed by atoms with van der Waals surface area (Å²) in [6.07, 6.45) is 9.12. The summed E-state index contributed by atoms with van der Waals surface area (Å²) in [4.78, 5) is 0. The molecule has 2 nitrogen and oxygen atoms in total. The topological polar surface area (TPSA) is 21.3 Å². The number of hydrogen-bond acceptors (Lipinski definition) is 2. The Labute approximate surface area is 130 Å². The molecule has 0 spiro atoms. The fourth-order valence-electron chi connectivity index (χ4n) is 3.25. The largest absolute Gasteiger partial charge is 0.493 e. The third kappa shape index (κ3) is 5.03. The van der Waals surface area contributed by atoms with Crippen molar-refractivity contribution in [2.75, 3.05) is 13.2 Å². The van der Waals surface area contributed by atoms with Crippen LogP contribution in [0.25, 0.3) is 0 Å². The van der Waals surface area contributed by atoms with Gasteiger partial charge in [-0.15, -0.1) is 0 Å². The monoisotopic (exact) mass is 289 g/mol. The van der Waals surface area contributed by atoms with Crippen molar-refractivity contribution < 1.29 is 4.74 Å². The van der Waals surface area contributed by atoms with Crippen LogP contribution in [-0.2, 0) is 0 Å². The normalized spacial score (nSPS) is 17.6. The molecule has 1 aromatic carbocycles. The Morgan fingerprint density at radius 2 is 1.90 bits per heavy atom. The minimum atomic E-state index is 0.410. The van der Waals surface area contributed by atoms with Gasteiger partial charge in [0.1, 0.15) is 5.75 Å². The molecule has 0 radical (unpaired) electrons. The average molecular weight is 289 g/mol. The van der Waals surface area contributed by atoms with Crippen LogP contribution in [0.4, 0.5) is 0 Å². The quantitative estimate of drug-likeness (QED) is 0.719. The van der Waals surface area contributed by atoms with Gasteiger partial charge in [-0.3, -0.25) is 0 Å². The maximum absolute atomic E-state index is 6.20. The molecule has 1 N–H and O–H groups in total. The van der Waals surface area contributed by atoms with Crippen molar-refractivity contribution in [1.29, 1.82) is 0 Å². The molecule has 1 atom stereocenters. The smallest absolute Gasteiger partial charge is 0.124 e. The summed E-state index contributed by atoms with van der Waals surface area (Å²) >= 11 is 0. The fraction of sp³-hybridized carbons (Fsp3) is 0.684. The maximum Gasteiger partial charge on any atom is 0.124 e. The lowest BCUT2D eigenvalue weighted by atomic mass is 9.90. The van der Waals surface area contributed by atoms with E-state index >= 15 is 0 Å². The first-order chi connectivity index (χ1) is 10.3. The molecule has 2 heteroatoms. The summed E-state index contributed by atoms with van der Waals surface area (Å²) in [5.41, 5.74) is 1.32. The third-order valence-electron chi connectivity index (χ3n) is 4.54. The van der Waals surface area contributed by atoms with Gasteiger partial charge >= 0.3 is 0 Å². The van der Waals surface area contributed by atoms with E-state index in [1.165, 1.54) is 44.1 Å². The van der Waals surface area contributed by atoms with Crippen molar-refractivity contribution in [2.45, 2.75) is 64.8 Å². The summed E-state index contributed by atoms with van der Waals surface area (Å²) < 4.78 is 6.20. The predicted octanol–water partition coefficient (Wildman–Crippen LogP) is 5.10. The van der Waals surface area contributed by atoms with E-state index < -0.39 is 0 Å². The predicted molar refractivity (Wildman–Crippen MR) is 89.8 cm³/mol. The van der Waals surface area contributed by atoms with E-state index in [9.17, 15) is 0 Å². The van der Waals surface area contributed by atoms with Crippen molar-refractivity contribution >= 4 is 0 Å². The van der Waals surface area contributed by atoms with Crippen LogP contribution in [0, 0.1) is 5.92 Å². The number of rotatable bonds is 8. The lowest BCUT2D eigenvalue weighted by molar-refractivity contribution is 0.206. The Bertz CT molecular complexity index is 398. The fourth-order valence-corrected chi connectivity index (χ4v) is 3.25. The van der Waals surface area contributed by atoms with Crippen LogP contribution >= 0.6 is 0 Å². The molecule has 0 saturated heterocycles. The zero-order chi connectivity index (χ0) is 14.9. The molecule has 1 saturated carbocycles. The van der Waals surface area contributed by atoms with E-state index in [0.717, 1.165) is 31.2 Å². The van der Waals surface area contributed by atoms with Crippen LogP contribution < -0.4 is 10.1 Å². The Hall–Kier alpha value is -1.02. The lowest BCUT2D eigenvalue weighted by Crippen LogP contribution is -2.23. The lowest BCUT2D eigenvalue weighted by Gasteiger charge is -2.24. The second-order valence-corrected chi connectivity index (χ2v) is 6.27. The molecule has 1 unspecified atom stereocenters. The molecule has 118 valence electrons. The van der Waals surface area contributed by atoms with Gasteiger partial charge in [-0.05, 0) is 44.2 Å². The molecule has 1 aromatic rings. The van der Waals surface area contributed by atoms with E-state index in [2.05, 4.69) is 43.4 Å². The van der Waals surface area contributed by atoms with Crippen LogP contribution in [0.5, 0.6) is 5.75 Å². The molecule has 1 aliphatic carbocycles. The first kappa shape index (κ1) is 16.4. The molecule has 1 fully saturated rings. The van der Waals surface area contributed by atoms with Crippen molar-refractivity contribution in [3.8, 4) is 5.75 Å². The highest BCUT2D eigenvalue weighted by atomic mass is 16.5. The molecule has 21 heavy (non-hydrogen) atoms. The summed E-state index contributed by atoms with van der Waals surface area (Å²) in [5.74, 6) is 1.84. The third-order valence-corrected chi connectivity index (χ3v) is 4.54. The van der Waals surface area contributed by atoms with Crippen molar-refractivity contribution in [3.05, 3.63) is 29.8 Å². The Kier molecular flexibility index (Phi) is 7.08. The standard InChI is InChI=1S/C19H31NO/c1-3-14-20-18(4-2)17-12-8-9-13-19(17)21-15-16-10-6-5-7-11-16/h8-9,12-13,16,18,20H,3-7,10-11,14-15H2,1-2H3. The van der Waals surface area contributed by atoms with Gasteiger partial charge in [-0.1, -0.05) is 51.3 Å². The summed E-state index contributed by atoms with van der Waals surface area (Å²) in [5, 5.41) is 3.63. The van der Waals surface area contributed by atoms with Crippen LogP contribution in [-0.4, -0.2) is 13.2 Å². The molecule has 0 aliphatic heterocycles. The number of para-hydroxylation sites is 1. The van der Waals surface area contributed by atoms with Crippen molar-refractivity contribution in [1.82, 2.24) is 5.32 Å². The first-order valence-corrected chi connectivity index (χ1v) is 8.80. The molecular weight excluding hydrogens is 258 g/mol. The minimum absolute atomic E-state index is 0.410. The highest BCUT2D eigenvalue weighted by Crippen LogP contribution is 2.29. The van der Waals surface area contributed by atoms with Gasteiger partial charge in [0.05, 0.1) is 6.61 Å². The van der Waals surface area contributed by atoms with E-state index in [0.29, 0.717) is 6.04 Å². The van der Waals surface area contributed by atoms with Gasteiger partial charge < -0.3 is 10.1 Å². The summed E-state index contributed by atoms with van der Waals surface area (Å²) in [6.45, 7) is 6.41. The maximum atomic E-state index is 6.20. The highest BCUT2D eigenvalue weighted by molar-refractivity contribution is 5.36. The summed E-state index contributed by atoms with van der Waals surface area (Å²) in [7, 11) is 0. The van der Waals surface area contributed by atoms with Crippen molar-refractivity contribution in [3.63, 3.8) is 0 Å². The van der Waals surface area contributed by atoms with Gasteiger partial charge in [-0.2, -0.15) is 0 Å². The van der Waals surface area contributed by atoms with Gasteiger partial charge in [0, 0.05) is 11.6 Å². The Morgan fingerprint density at radius 1 is 1.14 bits per heavy atom. The van der Waals surface area contributed by atoms with Gasteiger partial charge in [0.2, 0.25) is 0 Å². The zero-order valence-corrected chi connectivity index (χ0v) is 13.7. The van der Waals surface area contributed by atoms with Crippen molar-refractivity contribution in [2.24, 2.45) is 5.92 Å². The Balaban J connectivity index is 1.97. The molecule has 0 amide bonds. The molecule has 0 aromatic heterocycles. The summed E-state index contributed by atoms with van der Waals surface area (Å²) in [6, 6.07) is 8.97. The molecule has 0 heterocycles. The zero-order valence-electron chi connectivity index (χ0n) is 13.7. The van der Waals surface area contributed by atoms with E-state index in [1.54, 1.807) is 0 Å². The van der Waals surface area contributed by atoms with E-state index in [4.69, 9.17) is 4.74 Å². The number of nitrogens with one attached hydrogen (secondary N) is 1. The van der Waals surface area contributed by atoms with Crippen LogP contribution in [0.1, 0.15) is 70.4 Å². The van der Waals surface area contributed by atoms with Crippen LogP contribution in [0.3, 0.4) is 0 Å². The highest BCUT2D eigenvalue weighted by Gasteiger charge is 2.17. The van der Waals surface area contributed by atoms with Crippen LogP contribution in [0.15, 0.2) is 24.3 Å². The SMILES string of the molecule is CCCNC(CC)c1ccccc1OCC1CCCCC1. The first-order valence-electron chi connectivity index (χ1n) is 8.80. The number of benzene rings is 1. The molecule has 0 bridgehead atoms. The number of ether oxygens (including phenoxy) is 1. The van der Waals surface area contributed by atoms with Gasteiger partial charge in [0.25, 0.3) is 0 Å². The Morgan fingerprint density at radius 3 is 2.62 bits per heavy atom. The van der Waals surface area contributed by atoms with Gasteiger partial charge in [0.15, 0.2) is 0 Å². The molecular formula is C19H31NO. The molecule has 1 aliphatic rings. The molecule has 2 rings (SSSR count). The average Bonchev–Trinajstić information content (AvgIpc) is 2.55. The second kappa shape index (κ2) is 9.09. The minimum Gasteiger partial charge on any atom is -0.493 e.